The van der Waals surface area contributed by atoms with E-state index in [1.807, 2.05) is 0 Å². The maximum absolute atomic E-state index is 11.3. The third kappa shape index (κ3) is 7.15. The van der Waals surface area contributed by atoms with Crippen LogP contribution in [0, 0.1) is 11.8 Å². The molecule has 104 valence electrons. The molecule has 0 fully saturated rings. The zero-order chi connectivity index (χ0) is 14.3. The van der Waals surface area contributed by atoms with Gasteiger partial charge in [-0.2, -0.15) is 0 Å². The van der Waals surface area contributed by atoms with Crippen LogP contribution in [0.5, 0.6) is 0 Å². The van der Waals surface area contributed by atoms with Gasteiger partial charge in [-0.05, 0) is 37.2 Å². The van der Waals surface area contributed by atoms with Gasteiger partial charge in [-0.1, -0.05) is 34.3 Å². The molecular weight excluding hydrogens is 226 g/mol. The summed E-state index contributed by atoms with van der Waals surface area (Å²) in [6.45, 7) is 14.0. The molecule has 3 heteroatoms. The zero-order valence-corrected chi connectivity index (χ0v) is 12.4. The normalized spacial score (nSPS) is 10.6. The quantitative estimate of drug-likeness (QED) is 0.559. The van der Waals surface area contributed by atoms with Crippen LogP contribution in [0.3, 0.4) is 0 Å². The first-order valence-corrected chi connectivity index (χ1v) is 6.53. The Labute approximate surface area is 111 Å². The van der Waals surface area contributed by atoms with E-state index in [4.69, 9.17) is 10.5 Å². The van der Waals surface area contributed by atoms with Crippen molar-refractivity contribution in [1.82, 2.24) is 0 Å². The Hall–Kier alpha value is -1.25. The van der Waals surface area contributed by atoms with Crippen LogP contribution in [0.1, 0.15) is 47.5 Å². The van der Waals surface area contributed by atoms with E-state index in [-0.39, 0.29) is 12.6 Å². The van der Waals surface area contributed by atoms with Crippen LogP contribution in [-0.2, 0) is 9.53 Å². The Bertz CT molecular complexity index is 315. The Morgan fingerprint density at radius 3 is 1.94 bits per heavy atom. The summed E-state index contributed by atoms with van der Waals surface area (Å²) < 4.78 is 5.09. The van der Waals surface area contributed by atoms with Gasteiger partial charge in [0.15, 0.2) is 0 Å². The van der Waals surface area contributed by atoms with Crippen molar-refractivity contribution in [3.8, 4) is 0 Å². The van der Waals surface area contributed by atoms with E-state index in [0.717, 1.165) is 12.8 Å². The molecule has 0 unspecified atom stereocenters. The molecule has 0 bridgehead atoms. The molecule has 0 aromatic carbocycles. The first-order valence-electron chi connectivity index (χ1n) is 6.53. The largest absolute Gasteiger partial charge is 0.456 e. The van der Waals surface area contributed by atoms with Crippen LogP contribution in [0.25, 0.3) is 0 Å². The summed E-state index contributed by atoms with van der Waals surface area (Å²) in [6, 6.07) is 0. The van der Waals surface area contributed by atoms with Gasteiger partial charge in [0.05, 0.1) is 0 Å². The molecule has 0 amide bonds. The molecule has 0 aromatic rings. The number of esters is 1. The zero-order valence-electron chi connectivity index (χ0n) is 12.4. The van der Waals surface area contributed by atoms with E-state index in [9.17, 15) is 4.79 Å². The number of hydrogen-bond donors (Lipinski definition) is 1. The van der Waals surface area contributed by atoms with Crippen molar-refractivity contribution in [3.63, 3.8) is 0 Å². The Balaban J connectivity index is 4.64. The highest BCUT2D eigenvalue weighted by molar-refractivity contribution is 5.87. The SMILES string of the molecule is C=C(C)C(=O)OCC(N)=C(CC(C)C)CC(C)C. The fourth-order valence-corrected chi connectivity index (χ4v) is 1.70. The lowest BCUT2D eigenvalue weighted by molar-refractivity contribution is -0.138. The van der Waals surface area contributed by atoms with Crippen LogP contribution in [-0.4, -0.2) is 12.6 Å². The number of rotatable bonds is 7. The number of ether oxygens (including phenoxy) is 1. The molecule has 0 spiro atoms. The van der Waals surface area contributed by atoms with E-state index in [1.165, 1.54) is 5.57 Å². The van der Waals surface area contributed by atoms with Crippen LogP contribution >= 0.6 is 0 Å². The van der Waals surface area contributed by atoms with Crippen molar-refractivity contribution in [2.24, 2.45) is 17.6 Å². The predicted molar refractivity (Wildman–Crippen MR) is 75.9 cm³/mol. The molecule has 2 N–H and O–H groups in total. The first kappa shape index (κ1) is 16.8. The van der Waals surface area contributed by atoms with Crippen molar-refractivity contribution in [3.05, 3.63) is 23.4 Å². The molecule has 0 aliphatic rings. The van der Waals surface area contributed by atoms with Crippen LogP contribution in [0.2, 0.25) is 0 Å². The molecular formula is C15H27NO2. The number of carbonyl (C=O) groups is 1. The molecule has 18 heavy (non-hydrogen) atoms. The second-order valence-corrected chi connectivity index (χ2v) is 5.68. The Morgan fingerprint density at radius 2 is 1.61 bits per heavy atom. The van der Waals surface area contributed by atoms with Crippen molar-refractivity contribution >= 4 is 5.97 Å². The minimum absolute atomic E-state index is 0.167. The average molecular weight is 253 g/mol. The minimum Gasteiger partial charge on any atom is -0.456 e. The summed E-state index contributed by atoms with van der Waals surface area (Å²) in [6.07, 6.45) is 1.91. The van der Waals surface area contributed by atoms with Crippen molar-refractivity contribution in [2.45, 2.75) is 47.5 Å². The molecule has 0 heterocycles. The van der Waals surface area contributed by atoms with Crippen molar-refractivity contribution in [2.75, 3.05) is 6.61 Å². The fourth-order valence-electron chi connectivity index (χ4n) is 1.70. The molecule has 0 aromatic heterocycles. The minimum atomic E-state index is -0.383. The van der Waals surface area contributed by atoms with Gasteiger partial charge < -0.3 is 10.5 Å². The third-order valence-corrected chi connectivity index (χ3v) is 2.47. The lowest BCUT2D eigenvalue weighted by atomic mass is 9.93. The molecule has 0 saturated carbocycles. The smallest absolute Gasteiger partial charge is 0.333 e. The van der Waals surface area contributed by atoms with E-state index in [1.54, 1.807) is 6.92 Å². The van der Waals surface area contributed by atoms with Crippen LogP contribution in [0.15, 0.2) is 23.4 Å². The summed E-state index contributed by atoms with van der Waals surface area (Å²) in [7, 11) is 0. The number of nitrogens with two attached hydrogens (primary N) is 1. The highest BCUT2D eigenvalue weighted by atomic mass is 16.5. The van der Waals surface area contributed by atoms with Gasteiger partial charge in [0, 0.05) is 11.3 Å². The highest BCUT2D eigenvalue weighted by Crippen LogP contribution is 2.21. The topological polar surface area (TPSA) is 52.3 Å². The lowest BCUT2D eigenvalue weighted by Crippen LogP contribution is -2.16. The summed E-state index contributed by atoms with van der Waals surface area (Å²) in [5, 5.41) is 0. The summed E-state index contributed by atoms with van der Waals surface area (Å²) in [4.78, 5) is 11.3. The van der Waals surface area contributed by atoms with Crippen molar-refractivity contribution < 1.29 is 9.53 Å². The maximum atomic E-state index is 11.3. The van der Waals surface area contributed by atoms with Crippen LogP contribution in [0.4, 0.5) is 0 Å². The summed E-state index contributed by atoms with van der Waals surface area (Å²) in [5.41, 5.74) is 8.33. The van der Waals surface area contributed by atoms with Crippen LogP contribution < -0.4 is 5.73 Å². The van der Waals surface area contributed by atoms with Crippen molar-refractivity contribution in [1.29, 1.82) is 0 Å². The third-order valence-electron chi connectivity index (χ3n) is 2.47. The summed E-state index contributed by atoms with van der Waals surface area (Å²) >= 11 is 0. The Kier molecular flexibility index (Phi) is 7.41. The van der Waals surface area contributed by atoms with Gasteiger partial charge in [0.25, 0.3) is 0 Å². The number of hydrogen-bond acceptors (Lipinski definition) is 3. The number of carbonyl (C=O) groups excluding carboxylic acids is 1. The fraction of sp³-hybridized carbons (Fsp3) is 0.667. The standard InChI is InChI=1S/C15H27NO2/c1-10(2)7-13(8-11(3)4)14(16)9-18-15(17)12(5)6/h10-11H,5,7-9,16H2,1-4,6H3. The average Bonchev–Trinajstić information content (AvgIpc) is 2.22. The van der Waals surface area contributed by atoms with Gasteiger partial charge in [0.1, 0.15) is 6.61 Å². The second kappa shape index (κ2) is 7.96. The van der Waals surface area contributed by atoms with Gasteiger partial charge in [-0.25, -0.2) is 4.79 Å². The molecule has 0 rings (SSSR count). The lowest BCUT2D eigenvalue weighted by Gasteiger charge is -2.16. The molecule has 0 aliphatic heterocycles. The molecule has 0 atom stereocenters. The second-order valence-electron chi connectivity index (χ2n) is 5.68. The Morgan fingerprint density at radius 1 is 1.17 bits per heavy atom. The molecule has 0 saturated heterocycles. The van der Waals surface area contributed by atoms with E-state index in [2.05, 4.69) is 34.3 Å². The molecule has 0 radical (unpaired) electrons. The molecule has 0 aliphatic carbocycles. The highest BCUT2D eigenvalue weighted by Gasteiger charge is 2.11. The van der Waals surface area contributed by atoms with Gasteiger partial charge in [0.2, 0.25) is 0 Å². The van der Waals surface area contributed by atoms with E-state index in [0.29, 0.717) is 23.1 Å². The van der Waals surface area contributed by atoms with E-state index < -0.39 is 0 Å². The van der Waals surface area contributed by atoms with Gasteiger partial charge >= 0.3 is 5.97 Å². The van der Waals surface area contributed by atoms with Gasteiger partial charge in [-0.15, -0.1) is 0 Å². The van der Waals surface area contributed by atoms with Gasteiger partial charge in [-0.3, -0.25) is 0 Å². The molecule has 3 nitrogen and oxygen atoms in total. The monoisotopic (exact) mass is 253 g/mol. The first-order chi connectivity index (χ1) is 8.23. The number of allylic oxidation sites excluding steroid dienone is 1. The maximum Gasteiger partial charge on any atom is 0.333 e. The summed E-state index contributed by atoms with van der Waals surface area (Å²) in [5.74, 6) is 0.717. The predicted octanol–water partition coefficient (Wildman–Crippen LogP) is 3.41. The van der Waals surface area contributed by atoms with E-state index >= 15 is 0 Å².